The third-order valence-electron chi connectivity index (χ3n) is 4.78. The minimum absolute atomic E-state index is 0. The predicted molar refractivity (Wildman–Crippen MR) is 97.8 cm³/mol. The summed E-state index contributed by atoms with van der Waals surface area (Å²) in [5, 5.41) is 11.8. The predicted octanol–water partition coefficient (Wildman–Crippen LogP) is 2.87. The Bertz CT molecular complexity index is 678. The van der Waals surface area contributed by atoms with Crippen LogP contribution in [0, 0.1) is 5.92 Å². The van der Waals surface area contributed by atoms with Crippen molar-refractivity contribution in [2.45, 2.75) is 18.4 Å². The number of fused-ring (bicyclic) bond motifs is 1. The van der Waals surface area contributed by atoms with Crippen LogP contribution in [0.2, 0.25) is 0 Å². The van der Waals surface area contributed by atoms with Gasteiger partial charge in [-0.05, 0) is 44.6 Å². The van der Waals surface area contributed by atoms with Crippen LogP contribution in [0.25, 0.3) is 0 Å². The third kappa shape index (κ3) is 3.14. The topological polar surface area (TPSA) is 45.6 Å². The zero-order valence-corrected chi connectivity index (χ0v) is 15.2. The number of halogens is 1. The molecule has 3 rings (SSSR count). The van der Waals surface area contributed by atoms with Crippen molar-refractivity contribution in [3.8, 4) is 5.75 Å². The van der Waals surface area contributed by atoms with Crippen molar-refractivity contribution < 1.29 is 9.84 Å². The Balaban J connectivity index is 0.00000208. The second-order valence-electron chi connectivity index (χ2n) is 6.49. The Labute approximate surface area is 149 Å². The smallest absolute Gasteiger partial charge is 0.122 e. The molecule has 1 aromatic heterocycles. The molecule has 1 aliphatic rings. The van der Waals surface area contributed by atoms with E-state index in [2.05, 4.69) is 9.88 Å². The van der Waals surface area contributed by atoms with Crippen LogP contribution in [0.5, 0.6) is 5.75 Å². The van der Waals surface area contributed by atoms with E-state index in [-0.39, 0.29) is 18.3 Å². The molecule has 4 nitrogen and oxygen atoms in total. The molecule has 0 amide bonds. The number of aliphatic hydroxyl groups is 1. The minimum Gasteiger partial charge on any atom is -0.496 e. The van der Waals surface area contributed by atoms with Gasteiger partial charge in [-0.1, -0.05) is 18.2 Å². The number of aromatic nitrogens is 1. The van der Waals surface area contributed by atoms with Gasteiger partial charge in [0.25, 0.3) is 0 Å². The van der Waals surface area contributed by atoms with Crippen molar-refractivity contribution in [2.75, 3.05) is 27.7 Å². The molecule has 2 unspecified atom stereocenters. The number of benzene rings is 1. The van der Waals surface area contributed by atoms with E-state index in [0.717, 1.165) is 41.8 Å². The van der Waals surface area contributed by atoms with Crippen molar-refractivity contribution >= 4 is 12.4 Å². The largest absolute Gasteiger partial charge is 0.496 e. The van der Waals surface area contributed by atoms with E-state index >= 15 is 0 Å². The van der Waals surface area contributed by atoms with Crippen LogP contribution in [0.3, 0.4) is 0 Å². The Morgan fingerprint density at radius 3 is 2.71 bits per heavy atom. The average Bonchev–Trinajstić information content (AvgIpc) is 2.57. The zero-order chi connectivity index (χ0) is 16.4. The van der Waals surface area contributed by atoms with Gasteiger partial charge in [-0.2, -0.15) is 0 Å². The first kappa shape index (κ1) is 18.7. The fraction of sp³-hybridized carbons (Fsp3) is 0.421. The number of hydrogen-bond donors (Lipinski definition) is 1. The van der Waals surface area contributed by atoms with Crippen LogP contribution >= 0.6 is 12.4 Å². The molecule has 1 aliphatic carbocycles. The molecule has 0 bridgehead atoms. The van der Waals surface area contributed by atoms with Crippen LogP contribution < -0.4 is 4.74 Å². The molecule has 0 saturated heterocycles. The third-order valence-corrected chi connectivity index (χ3v) is 4.78. The summed E-state index contributed by atoms with van der Waals surface area (Å²) in [6, 6.07) is 9.79. The maximum atomic E-state index is 11.8. The second kappa shape index (κ2) is 7.51. The molecule has 0 fully saturated rings. The molecule has 130 valence electrons. The van der Waals surface area contributed by atoms with Gasteiger partial charge < -0.3 is 14.7 Å². The van der Waals surface area contributed by atoms with Crippen molar-refractivity contribution in [3.63, 3.8) is 0 Å². The van der Waals surface area contributed by atoms with Gasteiger partial charge in [-0.3, -0.25) is 4.98 Å². The number of rotatable bonds is 4. The Morgan fingerprint density at radius 1 is 1.29 bits per heavy atom. The molecule has 1 heterocycles. The fourth-order valence-electron chi connectivity index (χ4n) is 3.76. The van der Waals surface area contributed by atoms with Gasteiger partial charge in [0, 0.05) is 36.0 Å². The van der Waals surface area contributed by atoms with Crippen molar-refractivity contribution in [1.82, 2.24) is 9.88 Å². The van der Waals surface area contributed by atoms with Crippen LogP contribution in [0.15, 0.2) is 42.7 Å². The lowest BCUT2D eigenvalue weighted by Crippen LogP contribution is -2.45. The van der Waals surface area contributed by atoms with Gasteiger partial charge in [0.15, 0.2) is 0 Å². The van der Waals surface area contributed by atoms with Gasteiger partial charge in [-0.15, -0.1) is 12.4 Å². The number of methoxy groups -OCH3 is 1. The van der Waals surface area contributed by atoms with Crippen LogP contribution in [-0.2, 0) is 12.0 Å². The van der Waals surface area contributed by atoms with E-state index in [1.54, 1.807) is 19.5 Å². The average molecular weight is 349 g/mol. The van der Waals surface area contributed by atoms with Crippen molar-refractivity contribution in [1.29, 1.82) is 0 Å². The van der Waals surface area contributed by atoms with Crippen LogP contribution in [0.4, 0.5) is 0 Å². The summed E-state index contributed by atoms with van der Waals surface area (Å²) >= 11 is 0. The van der Waals surface area contributed by atoms with E-state index in [1.165, 1.54) is 0 Å². The van der Waals surface area contributed by atoms with Crippen LogP contribution in [-0.4, -0.2) is 42.7 Å². The molecular formula is C19H25ClN2O2. The van der Waals surface area contributed by atoms with Gasteiger partial charge in [0.05, 0.1) is 7.11 Å². The molecule has 1 N–H and O–H groups in total. The molecule has 2 atom stereocenters. The highest BCUT2D eigenvalue weighted by molar-refractivity contribution is 5.85. The summed E-state index contributed by atoms with van der Waals surface area (Å²) in [5.41, 5.74) is 1.86. The Hall–Kier alpha value is -1.62. The molecule has 0 aliphatic heterocycles. The first-order valence-corrected chi connectivity index (χ1v) is 8.01. The van der Waals surface area contributed by atoms with Crippen molar-refractivity contribution in [3.05, 3.63) is 59.4 Å². The molecule has 0 radical (unpaired) electrons. The normalized spacial score (nSPS) is 22.6. The van der Waals surface area contributed by atoms with Crippen LogP contribution in [0.1, 0.15) is 23.1 Å². The quantitative estimate of drug-likeness (QED) is 0.922. The monoisotopic (exact) mass is 348 g/mol. The fourth-order valence-corrected chi connectivity index (χ4v) is 3.76. The standard InChI is InChI=1S/C19H24N2O2.ClH/c1-21(2)13-15-9-10-16-17(7-4-8-18(16)23-3)19(15,22)14-6-5-11-20-12-14;/h4-8,11-12,15,22H,9-10,13H2,1-3H3;1H. The summed E-state index contributed by atoms with van der Waals surface area (Å²) in [7, 11) is 5.78. The molecule has 24 heavy (non-hydrogen) atoms. The van der Waals surface area contributed by atoms with Crippen molar-refractivity contribution in [2.24, 2.45) is 5.92 Å². The highest BCUT2D eigenvalue weighted by Gasteiger charge is 2.45. The lowest BCUT2D eigenvalue weighted by molar-refractivity contribution is -0.00704. The zero-order valence-electron chi connectivity index (χ0n) is 14.4. The number of pyridine rings is 1. The molecule has 1 aromatic carbocycles. The maximum absolute atomic E-state index is 11.8. The second-order valence-corrected chi connectivity index (χ2v) is 6.49. The van der Waals surface area contributed by atoms with E-state index < -0.39 is 5.60 Å². The van der Waals surface area contributed by atoms with E-state index in [0.29, 0.717) is 0 Å². The highest BCUT2D eigenvalue weighted by atomic mass is 35.5. The van der Waals surface area contributed by atoms with E-state index in [1.807, 2.05) is 44.4 Å². The molecule has 0 saturated carbocycles. The number of nitrogens with zero attached hydrogens (tertiary/aromatic N) is 2. The van der Waals surface area contributed by atoms with E-state index in [9.17, 15) is 5.11 Å². The molecule has 2 aromatic rings. The van der Waals surface area contributed by atoms with Gasteiger partial charge in [0.2, 0.25) is 0 Å². The number of hydrogen-bond acceptors (Lipinski definition) is 4. The first-order valence-electron chi connectivity index (χ1n) is 8.01. The summed E-state index contributed by atoms with van der Waals surface area (Å²) in [6.07, 6.45) is 5.34. The van der Waals surface area contributed by atoms with Gasteiger partial charge >= 0.3 is 0 Å². The Kier molecular flexibility index (Phi) is 5.86. The summed E-state index contributed by atoms with van der Waals surface area (Å²) < 4.78 is 5.52. The number of ether oxygens (including phenoxy) is 1. The van der Waals surface area contributed by atoms with Gasteiger partial charge in [-0.25, -0.2) is 0 Å². The summed E-state index contributed by atoms with van der Waals surface area (Å²) in [6.45, 7) is 0.821. The minimum atomic E-state index is -1.04. The lowest BCUT2D eigenvalue weighted by Gasteiger charge is -2.43. The SMILES string of the molecule is COc1cccc2c1CCC(CN(C)C)C2(O)c1cccnc1.Cl. The molecule has 5 heteroatoms. The summed E-state index contributed by atoms with van der Waals surface area (Å²) in [4.78, 5) is 6.37. The van der Waals surface area contributed by atoms with Gasteiger partial charge in [0.1, 0.15) is 11.4 Å². The molecule has 0 spiro atoms. The maximum Gasteiger partial charge on any atom is 0.122 e. The Morgan fingerprint density at radius 2 is 2.08 bits per heavy atom. The first-order chi connectivity index (χ1) is 11.1. The lowest BCUT2D eigenvalue weighted by atomic mass is 9.68. The van der Waals surface area contributed by atoms with E-state index in [4.69, 9.17) is 4.74 Å². The molecular weight excluding hydrogens is 324 g/mol. The highest BCUT2D eigenvalue weighted by Crippen LogP contribution is 2.46. The summed E-state index contributed by atoms with van der Waals surface area (Å²) in [5.74, 6) is 0.967.